The summed E-state index contributed by atoms with van der Waals surface area (Å²) in [5, 5.41) is 16.4. The molecule has 3 aliphatic heterocycles. The van der Waals surface area contributed by atoms with Crippen molar-refractivity contribution in [3.8, 4) is 30.4 Å². The number of rotatable bonds is 2. The van der Waals surface area contributed by atoms with Crippen molar-refractivity contribution in [1.29, 1.82) is 0 Å². The molecule has 1 aromatic rings. The van der Waals surface area contributed by atoms with Crippen molar-refractivity contribution >= 4 is 17.3 Å². The van der Waals surface area contributed by atoms with Crippen molar-refractivity contribution in [1.82, 2.24) is 5.32 Å². The molecule has 1 aromatic carbocycles. The van der Waals surface area contributed by atoms with E-state index in [-0.39, 0.29) is 5.75 Å². The Morgan fingerprint density at radius 3 is 2.57 bits per heavy atom. The van der Waals surface area contributed by atoms with E-state index in [0.717, 1.165) is 29.8 Å². The normalized spacial score (nSPS) is 18.4. The highest BCUT2D eigenvalue weighted by atomic mass is 16.3. The number of terminal acetylenes is 1. The number of hydrogen-bond donors (Lipinski definition) is 4. The largest absolute Gasteiger partial charge is 0.506 e. The first-order valence-electron chi connectivity index (χ1n) is 12.2. The Kier molecular flexibility index (Phi) is 12.3. The fourth-order valence-corrected chi connectivity index (χ4v) is 3.98. The number of nitrogens with zero attached hydrogens (tertiary/aromatic N) is 1. The van der Waals surface area contributed by atoms with Crippen molar-refractivity contribution in [2.75, 3.05) is 23.3 Å². The van der Waals surface area contributed by atoms with E-state index in [1.54, 1.807) is 6.07 Å². The lowest BCUT2D eigenvalue weighted by atomic mass is 10.1. The standard InChI is InChI=1S/C15H17N3O2.C10H15N.C2H6.C2H2/c1-3-4-9-7-18-13-8(2)5-6-10(19)12(13)17-15(18)11(9)14(16)20;1-3-9(2)6-7-10-5-4-8-11-10;2*1-2/h4-6,17,19H,3,7H2,1-2H3,(H2,16,20);3,10-11H,4-5,8H2,1-2H3;1-2H3;1-2H/b9-4-;9-3+;;. The van der Waals surface area contributed by atoms with Crippen molar-refractivity contribution < 1.29 is 9.90 Å². The van der Waals surface area contributed by atoms with Crippen molar-refractivity contribution in [2.45, 2.75) is 66.8 Å². The molecule has 188 valence electrons. The fraction of sp³-hybridized carbons (Fsp3) is 0.414. The molecule has 1 atom stereocenters. The van der Waals surface area contributed by atoms with Crippen LogP contribution in [0, 0.1) is 31.6 Å². The van der Waals surface area contributed by atoms with E-state index in [2.05, 4.69) is 35.3 Å². The van der Waals surface area contributed by atoms with Gasteiger partial charge >= 0.3 is 0 Å². The molecular formula is C29H40N4O2. The van der Waals surface area contributed by atoms with Gasteiger partial charge in [0.05, 0.1) is 23.8 Å². The molecule has 1 fully saturated rings. The summed E-state index contributed by atoms with van der Waals surface area (Å²) in [5.74, 6) is 6.74. The van der Waals surface area contributed by atoms with Crippen molar-refractivity contribution in [3.05, 3.63) is 52.4 Å². The molecule has 0 aliphatic carbocycles. The molecule has 4 rings (SSSR count). The summed E-state index contributed by atoms with van der Waals surface area (Å²) >= 11 is 0. The molecule has 6 heteroatoms. The number of anilines is 2. The topological polar surface area (TPSA) is 90.6 Å². The van der Waals surface area contributed by atoms with Crippen LogP contribution in [0.1, 0.15) is 59.4 Å². The summed E-state index contributed by atoms with van der Waals surface area (Å²) in [4.78, 5) is 13.8. The number of hydrogen-bond acceptors (Lipinski definition) is 5. The monoisotopic (exact) mass is 476 g/mol. The lowest BCUT2D eigenvalue weighted by molar-refractivity contribution is -0.114. The fourth-order valence-electron chi connectivity index (χ4n) is 3.98. The number of primary amides is 1. The minimum atomic E-state index is -0.445. The summed E-state index contributed by atoms with van der Waals surface area (Å²) in [6.07, 6.45) is 15.4. The molecule has 0 radical (unpaired) electrons. The summed E-state index contributed by atoms with van der Waals surface area (Å²) < 4.78 is 0. The third-order valence-corrected chi connectivity index (χ3v) is 5.66. The lowest BCUT2D eigenvalue weighted by Crippen LogP contribution is -2.19. The zero-order valence-electron chi connectivity index (χ0n) is 22.0. The van der Waals surface area contributed by atoms with E-state index in [9.17, 15) is 9.90 Å². The quantitative estimate of drug-likeness (QED) is 0.358. The highest BCUT2D eigenvalue weighted by molar-refractivity contribution is 6.03. The summed E-state index contributed by atoms with van der Waals surface area (Å²) in [7, 11) is 0. The molecule has 0 saturated carbocycles. The van der Waals surface area contributed by atoms with Crippen LogP contribution >= 0.6 is 0 Å². The highest BCUT2D eigenvalue weighted by Gasteiger charge is 2.38. The predicted molar refractivity (Wildman–Crippen MR) is 148 cm³/mol. The van der Waals surface area contributed by atoms with E-state index in [0.29, 0.717) is 29.7 Å². The maximum absolute atomic E-state index is 11.7. The number of nitrogens with two attached hydrogens (primary N) is 1. The van der Waals surface area contributed by atoms with Crippen LogP contribution in [0.3, 0.4) is 0 Å². The van der Waals surface area contributed by atoms with Gasteiger partial charge in [-0.1, -0.05) is 50.8 Å². The Hall–Kier alpha value is -3.61. The van der Waals surface area contributed by atoms with Crippen LogP contribution in [0.5, 0.6) is 5.75 Å². The zero-order valence-corrected chi connectivity index (χ0v) is 22.0. The van der Waals surface area contributed by atoms with Gasteiger partial charge in [-0.25, -0.2) is 0 Å². The van der Waals surface area contributed by atoms with Gasteiger partial charge in [0.2, 0.25) is 0 Å². The molecule has 5 N–H and O–H groups in total. The van der Waals surface area contributed by atoms with Crippen LogP contribution in [-0.4, -0.2) is 30.1 Å². The third kappa shape index (κ3) is 7.18. The Morgan fingerprint density at radius 2 is 2.03 bits per heavy atom. The number of phenols is 1. The molecule has 0 spiro atoms. The van der Waals surface area contributed by atoms with Gasteiger partial charge in [0.1, 0.15) is 17.3 Å². The number of aryl methyl sites for hydroxylation is 1. The number of carbonyl (C=O) groups is 1. The molecule has 1 amide bonds. The SMILES string of the molecule is C#C.C/C=C(\C)C#CC1CCCN1.CC.CC/C=C1/CN2C(=C1C(N)=O)Nc1c(O)ccc(C)c12. The Balaban J connectivity index is 0.000000347. The van der Waals surface area contributed by atoms with Crippen molar-refractivity contribution in [2.24, 2.45) is 5.73 Å². The van der Waals surface area contributed by atoms with Crippen LogP contribution in [0.4, 0.5) is 11.4 Å². The predicted octanol–water partition coefficient (Wildman–Crippen LogP) is 4.96. The molecule has 3 heterocycles. The summed E-state index contributed by atoms with van der Waals surface area (Å²) in [6, 6.07) is 3.96. The van der Waals surface area contributed by atoms with E-state index >= 15 is 0 Å². The van der Waals surface area contributed by atoms with Crippen LogP contribution in [0.15, 0.2) is 46.8 Å². The number of phenolic OH excluding ortho intramolecular Hbond substituents is 1. The molecular weight excluding hydrogens is 436 g/mol. The maximum atomic E-state index is 11.7. The number of carbonyl (C=O) groups excluding carboxylic acids is 1. The number of aromatic hydroxyl groups is 1. The Morgan fingerprint density at radius 1 is 1.34 bits per heavy atom. The van der Waals surface area contributed by atoms with Gasteiger partial charge in [0, 0.05) is 0 Å². The smallest absolute Gasteiger partial charge is 0.252 e. The first-order chi connectivity index (χ1) is 16.9. The number of fused-ring (bicyclic) bond motifs is 3. The first kappa shape index (κ1) is 29.4. The van der Waals surface area contributed by atoms with Crippen LogP contribution in [-0.2, 0) is 4.79 Å². The molecule has 3 aliphatic rings. The van der Waals surface area contributed by atoms with Crippen LogP contribution < -0.4 is 21.3 Å². The maximum Gasteiger partial charge on any atom is 0.252 e. The van der Waals surface area contributed by atoms with Gasteiger partial charge in [-0.2, -0.15) is 0 Å². The average molecular weight is 477 g/mol. The number of benzene rings is 1. The van der Waals surface area contributed by atoms with E-state index < -0.39 is 5.91 Å². The van der Waals surface area contributed by atoms with Crippen LogP contribution in [0.25, 0.3) is 0 Å². The third-order valence-electron chi connectivity index (χ3n) is 5.66. The number of allylic oxidation sites excluding steroid dienone is 3. The van der Waals surface area contributed by atoms with Gasteiger partial charge in [-0.15, -0.1) is 12.8 Å². The Bertz CT molecular complexity index is 1060. The van der Waals surface area contributed by atoms with Gasteiger partial charge in [-0.05, 0) is 69.4 Å². The second-order valence-electron chi connectivity index (χ2n) is 7.95. The van der Waals surface area contributed by atoms with E-state index in [4.69, 9.17) is 5.73 Å². The number of nitrogens with one attached hydrogen (secondary N) is 2. The summed E-state index contributed by atoms with van der Waals surface area (Å²) in [5.41, 5.74) is 10.7. The molecule has 1 unspecified atom stereocenters. The van der Waals surface area contributed by atoms with Gasteiger partial charge in [0.25, 0.3) is 5.91 Å². The zero-order chi connectivity index (χ0) is 26.5. The molecule has 0 aromatic heterocycles. The first-order valence-corrected chi connectivity index (χ1v) is 12.2. The van der Waals surface area contributed by atoms with Gasteiger partial charge in [0.15, 0.2) is 0 Å². The highest BCUT2D eigenvalue weighted by Crippen LogP contribution is 2.48. The molecule has 6 nitrogen and oxygen atoms in total. The van der Waals surface area contributed by atoms with E-state index in [1.807, 2.05) is 64.7 Å². The van der Waals surface area contributed by atoms with Gasteiger partial charge < -0.3 is 26.4 Å². The summed E-state index contributed by atoms with van der Waals surface area (Å²) in [6.45, 7) is 13.8. The Labute approximate surface area is 211 Å². The second kappa shape index (κ2) is 14.6. The minimum Gasteiger partial charge on any atom is -0.506 e. The lowest BCUT2D eigenvalue weighted by Gasteiger charge is -2.15. The van der Waals surface area contributed by atoms with Crippen LogP contribution in [0.2, 0.25) is 0 Å². The van der Waals surface area contributed by atoms with Crippen molar-refractivity contribution in [3.63, 3.8) is 0 Å². The van der Waals surface area contributed by atoms with E-state index in [1.165, 1.54) is 18.4 Å². The molecule has 35 heavy (non-hydrogen) atoms. The molecule has 0 bridgehead atoms. The minimum absolute atomic E-state index is 0.178. The molecule has 1 saturated heterocycles. The number of amides is 1. The van der Waals surface area contributed by atoms with Gasteiger partial charge in [-0.3, -0.25) is 4.79 Å². The average Bonchev–Trinajstić information content (AvgIpc) is 3.59. The second-order valence-corrected chi connectivity index (χ2v) is 7.95.